The molecule has 0 aliphatic heterocycles. The summed E-state index contributed by atoms with van der Waals surface area (Å²) in [6, 6.07) is 0. The molecule has 0 amide bonds. The number of ether oxygens (including phenoxy) is 2. The number of hydrogen-bond acceptors (Lipinski definition) is 2. The minimum absolute atomic E-state index is 0.705. The van der Waals surface area contributed by atoms with Crippen LogP contribution in [0.1, 0.15) is 33.1 Å². The lowest BCUT2D eigenvalue weighted by Gasteiger charge is -2.15. The molecule has 1 aliphatic carbocycles. The lowest BCUT2D eigenvalue weighted by Crippen LogP contribution is -2.02. The predicted molar refractivity (Wildman–Crippen MR) is 57.8 cm³/mol. The quantitative estimate of drug-likeness (QED) is 0.672. The van der Waals surface area contributed by atoms with Crippen LogP contribution in [0.2, 0.25) is 0 Å². The predicted octanol–water partition coefficient (Wildman–Crippen LogP) is 3.26. The van der Waals surface area contributed by atoms with Gasteiger partial charge in [0.05, 0.1) is 19.5 Å². The summed E-state index contributed by atoms with van der Waals surface area (Å²) in [7, 11) is 1.69. The van der Waals surface area contributed by atoms with E-state index in [9.17, 15) is 0 Å². The first-order chi connectivity index (χ1) is 6.72. The zero-order chi connectivity index (χ0) is 10.4. The minimum Gasteiger partial charge on any atom is -0.498 e. The van der Waals surface area contributed by atoms with E-state index >= 15 is 0 Å². The largest absolute Gasteiger partial charge is 0.498 e. The maximum atomic E-state index is 5.67. The van der Waals surface area contributed by atoms with Crippen molar-refractivity contribution >= 4 is 0 Å². The lowest BCUT2D eigenvalue weighted by atomic mass is 10.1. The third-order valence-corrected chi connectivity index (χ3v) is 2.26. The maximum Gasteiger partial charge on any atom is 0.118 e. The Bertz CT molecular complexity index is 226. The van der Waals surface area contributed by atoms with Gasteiger partial charge < -0.3 is 9.47 Å². The molecule has 1 rings (SSSR count). The van der Waals surface area contributed by atoms with E-state index in [-0.39, 0.29) is 0 Å². The third-order valence-electron chi connectivity index (χ3n) is 2.26. The van der Waals surface area contributed by atoms with E-state index in [1.54, 1.807) is 7.11 Å². The van der Waals surface area contributed by atoms with Crippen LogP contribution in [-0.4, -0.2) is 13.7 Å². The molecule has 80 valence electrons. The first-order valence-corrected chi connectivity index (χ1v) is 5.30. The van der Waals surface area contributed by atoms with Crippen LogP contribution in [0.3, 0.4) is 0 Å². The molecule has 0 spiro atoms. The molecule has 0 heterocycles. The average Bonchev–Trinajstić information content (AvgIpc) is 2.18. The highest BCUT2D eigenvalue weighted by atomic mass is 16.5. The van der Waals surface area contributed by atoms with Crippen LogP contribution < -0.4 is 0 Å². The van der Waals surface area contributed by atoms with E-state index in [2.05, 4.69) is 19.9 Å². The normalized spacial score (nSPS) is 16.3. The molecule has 2 heteroatoms. The summed E-state index contributed by atoms with van der Waals surface area (Å²) in [5, 5.41) is 0. The van der Waals surface area contributed by atoms with E-state index in [1.807, 2.05) is 6.08 Å². The summed E-state index contributed by atoms with van der Waals surface area (Å²) in [6.45, 7) is 5.23. The second-order valence-corrected chi connectivity index (χ2v) is 3.99. The molecule has 0 aromatic heterocycles. The second kappa shape index (κ2) is 5.74. The fourth-order valence-electron chi connectivity index (χ4n) is 1.33. The summed E-state index contributed by atoms with van der Waals surface area (Å²) in [6.07, 6.45) is 7.23. The van der Waals surface area contributed by atoms with Crippen LogP contribution in [0.15, 0.2) is 23.7 Å². The zero-order valence-electron chi connectivity index (χ0n) is 9.38. The van der Waals surface area contributed by atoms with E-state index in [0.29, 0.717) is 5.92 Å². The van der Waals surface area contributed by atoms with Crippen molar-refractivity contribution in [1.82, 2.24) is 0 Å². The SMILES string of the molecule is COC1=CCCC(OCCC(C)C)=C1. The molecular formula is C12H20O2. The van der Waals surface area contributed by atoms with Gasteiger partial charge in [0.1, 0.15) is 5.76 Å². The van der Waals surface area contributed by atoms with Crippen molar-refractivity contribution < 1.29 is 9.47 Å². The smallest absolute Gasteiger partial charge is 0.118 e. The van der Waals surface area contributed by atoms with Gasteiger partial charge in [-0.3, -0.25) is 0 Å². The van der Waals surface area contributed by atoms with Crippen LogP contribution in [0.5, 0.6) is 0 Å². The average molecular weight is 196 g/mol. The molecule has 0 atom stereocenters. The van der Waals surface area contributed by atoms with Crippen molar-refractivity contribution in [3.63, 3.8) is 0 Å². The topological polar surface area (TPSA) is 18.5 Å². The molecule has 2 nitrogen and oxygen atoms in total. The first-order valence-electron chi connectivity index (χ1n) is 5.30. The maximum absolute atomic E-state index is 5.67. The Balaban J connectivity index is 2.30. The molecule has 0 N–H and O–H groups in total. The van der Waals surface area contributed by atoms with Crippen LogP contribution in [-0.2, 0) is 9.47 Å². The van der Waals surface area contributed by atoms with Gasteiger partial charge in [0, 0.05) is 12.5 Å². The Labute approximate surface area is 86.6 Å². The second-order valence-electron chi connectivity index (χ2n) is 3.99. The van der Waals surface area contributed by atoms with Crippen LogP contribution >= 0.6 is 0 Å². The highest BCUT2D eigenvalue weighted by molar-refractivity contribution is 5.19. The Hall–Kier alpha value is -0.920. The Kier molecular flexibility index (Phi) is 4.57. The summed E-state index contributed by atoms with van der Waals surface area (Å²) >= 11 is 0. The molecule has 0 aromatic rings. The summed E-state index contributed by atoms with van der Waals surface area (Å²) in [5.41, 5.74) is 0. The molecular weight excluding hydrogens is 176 g/mol. The summed E-state index contributed by atoms with van der Waals surface area (Å²) in [4.78, 5) is 0. The van der Waals surface area contributed by atoms with Gasteiger partial charge in [-0.1, -0.05) is 13.8 Å². The molecule has 0 saturated heterocycles. The van der Waals surface area contributed by atoms with Gasteiger partial charge in [0.15, 0.2) is 0 Å². The summed E-state index contributed by atoms with van der Waals surface area (Å²) in [5.74, 6) is 2.69. The fraction of sp³-hybridized carbons (Fsp3) is 0.667. The summed E-state index contributed by atoms with van der Waals surface area (Å²) < 4.78 is 10.8. The standard InChI is InChI=1S/C12H20O2/c1-10(2)7-8-14-12-6-4-5-11(9-12)13-3/h5,9-10H,4,6-8H2,1-3H3. The molecule has 0 saturated carbocycles. The van der Waals surface area contributed by atoms with E-state index in [4.69, 9.17) is 9.47 Å². The Morgan fingerprint density at radius 1 is 1.43 bits per heavy atom. The van der Waals surface area contributed by atoms with Crippen molar-refractivity contribution in [3.8, 4) is 0 Å². The lowest BCUT2D eigenvalue weighted by molar-refractivity contribution is 0.181. The third kappa shape index (κ3) is 3.86. The zero-order valence-corrected chi connectivity index (χ0v) is 9.38. The van der Waals surface area contributed by atoms with E-state index < -0.39 is 0 Å². The number of rotatable bonds is 5. The molecule has 0 unspecified atom stereocenters. The van der Waals surface area contributed by atoms with E-state index in [1.165, 1.54) is 0 Å². The van der Waals surface area contributed by atoms with Crippen LogP contribution in [0, 0.1) is 5.92 Å². The van der Waals surface area contributed by atoms with Gasteiger partial charge in [-0.2, -0.15) is 0 Å². The van der Waals surface area contributed by atoms with Crippen molar-refractivity contribution in [2.24, 2.45) is 5.92 Å². The van der Waals surface area contributed by atoms with Crippen molar-refractivity contribution in [1.29, 1.82) is 0 Å². The molecule has 0 aromatic carbocycles. The number of methoxy groups -OCH3 is 1. The number of hydrogen-bond donors (Lipinski definition) is 0. The first kappa shape index (κ1) is 11.2. The highest BCUT2D eigenvalue weighted by Crippen LogP contribution is 2.19. The van der Waals surface area contributed by atoms with Gasteiger partial charge in [0.2, 0.25) is 0 Å². The molecule has 0 radical (unpaired) electrons. The Morgan fingerprint density at radius 3 is 2.86 bits per heavy atom. The van der Waals surface area contributed by atoms with Crippen molar-refractivity contribution in [2.75, 3.05) is 13.7 Å². The Morgan fingerprint density at radius 2 is 2.21 bits per heavy atom. The molecule has 14 heavy (non-hydrogen) atoms. The van der Waals surface area contributed by atoms with Gasteiger partial charge in [-0.05, 0) is 24.8 Å². The van der Waals surface area contributed by atoms with Crippen molar-refractivity contribution in [2.45, 2.75) is 33.1 Å². The van der Waals surface area contributed by atoms with Crippen LogP contribution in [0.4, 0.5) is 0 Å². The van der Waals surface area contributed by atoms with Crippen LogP contribution in [0.25, 0.3) is 0 Å². The van der Waals surface area contributed by atoms with Gasteiger partial charge in [0.25, 0.3) is 0 Å². The van der Waals surface area contributed by atoms with Gasteiger partial charge >= 0.3 is 0 Å². The minimum atomic E-state index is 0.705. The molecule has 0 fully saturated rings. The molecule has 1 aliphatic rings. The number of allylic oxidation sites excluding steroid dienone is 3. The van der Waals surface area contributed by atoms with Crippen molar-refractivity contribution in [3.05, 3.63) is 23.7 Å². The fourth-order valence-corrected chi connectivity index (χ4v) is 1.33. The monoisotopic (exact) mass is 196 g/mol. The van der Waals surface area contributed by atoms with Gasteiger partial charge in [-0.25, -0.2) is 0 Å². The van der Waals surface area contributed by atoms with Gasteiger partial charge in [-0.15, -0.1) is 0 Å². The highest BCUT2D eigenvalue weighted by Gasteiger charge is 2.06. The van der Waals surface area contributed by atoms with E-state index in [0.717, 1.165) is 37.4 Å². The molecule has 0 bridgehead atoms.